The topological polar surface area (TPSA) is 110 Å². The van der Waals surface area contributed by atoms with E-state index in [0.29, 0.717) is 11.3 Å². The molecule has 0 saturated heterocycles. The van der Waals surface area contributed by atoms with Gasteiger partial charge in [0.1, 0.15) is 10.6 Å². The molecule has 8 nitrogen and oxygen atoms in total. The van der Waals surface area contributed by atoms with E-state index in [2.05, 4.69) is 9.88 Å². The van der Waals surface area contributed by atoms with Crippen molar-refractivity contribution < 1.29 is 22.5 Å². The van der Waals surface area contributed by atoms with Gasteiger partial charge in [0.2, 0.25) is 15.9 Å². The summed E-state index contributed by atoms with van der Waals surface area (Å²) < 4.78 is 31.9. The van der Waals surface area contributed by atoms with Gasteiger partial charge in [-0.2, -0.15) is 0 Å². The number of fused-ring (bicyclic) bond motifs is 1. The molecule has 0 saturated carbocycles. The Morgan fingerprint density at radius 3 is 2.72 bits per heavy atom. The number of para-hydroxylation sites is 1. The first-order valence-electron chi connectivity index (χ1n) is 7.66. The Kier molecular flexibility index (Phi) is 4.44. The summed E-state index contributed by atoms with van der Waals surface area (Å²) in [5.74, 6) is -0.308. The lowest BCUT2D eigenvalue weighted by Crippen LogP contribution is -2.43. The quantitative estimate of drug-likeness (QED) is 0.874. The molecule has 0 bridgehead atoms. The Bertz CT molecular complexity index is 929. The molecule has 132 valence electrons. The highest BCUT2D eigenvalue weighted by Gasteiger charge is 2.29. The molecule has 2 aromatic rings. The van der Waals surface area contributed by atoms with E-state index in [4.69, 9.17) is 4.52 Å². The zero-order chi connectivity index (χ0) is 18.2. The molecule has 1 N–H and O–H groups in total. The molecular weight excluding hydrogens is 346 g/mol. The molecule has 0 fully saturated rings. The Morgan fingerprint density at radius 1 is 1.32 bits per heavy atom. The summed E-state index contributed by atoms with van der Waals surface area (Å²) in [6.45, 7) is 2.80. The highest BCUT2D eigenvalue weighted by atomic mass is 32.2. The Labute approximate surface area is 144 Å². The number of nitrogens with one attached hydrogen (secondary N) is 1. The van der Waals surface area contributed by atoms with Crippen LogP contribution in [0.1, 0.15) is 28.2 Å². The SMILES string of the molecule is Cc1noc(C)c1S(=O)(=O)NCC(=O)N1CCC(=O)c2ccccc21. The molecule has 25 heavy (non-hydrogen) atoms. The number of aryl methyl sites for hydroxylation is 2. The van der Waals surface area contributed by atoms with Crippen molar-refractivity contribution in [3.05, 3.63) is 41.3 Å². The number of amides is 1. The van der Waals surface area contributed by atoms with Gasteiger partial charge in [-0.05, 0) is 26.0 Å². The molecule has 3 rings (SSSR count). The number of rotatable bonds is 4. The summed E-state index contributed by atoms with van der Waals surface area (Å²) >= 11 is 0. The number of hydrogen-bond acceptors (Lipinski definition) is 6. The van der Waals surface area contributed by atoms with Crippen LogP contribution in [0.3, 0.4) is 0 Å². The summed E-state index contributed by atoms with van der Waals surface area (Å²) in [7, 11) is -3.92. The van der Waals surface area contributed by atoms with Crippen molar-refractivity contribution in [2.75, 3.05) is 18.0 Å². The second-order valence-electron chi connectivity index (χ2n) is 5.71. The third-order valence-electron chi connectivity index (χ3n) is 4.01. The van der Waals surface area contributed by atoms with Gasteiger partial charge in [0, 0.05) is 18.5 Å². The van der Waals surface area contributed by atoms with Gasteiger partial charge < -0.3 is 9.42 Å². The van der Waals surface area contributed by atoms with Gasteiger partial charge in [-0.3, -0.25) is 9.59 Å². The fourth-order valence-electron chi connectivity index (χ4n) is 2.85. The molecular formula is C16H17N3O5S. The van der Waals surface area contributed by atoms with Gasteiger partial charge in [0.15, 0.2) is 11.5 Å². The van der Waals surface area contributed by atoms with Gasteiger partial charge in [0.25, 0.3) is 0 Å². The maximum absolute atomic E-state index is 12.5. The lowest BCUT2D eigenvalue weighted by atomic mass is 10.0. The minimum absolute atomic E-state index is 0.0315. The number of carbonyl (C=O) groups excluding carboxylic acids is 2. The van der Waals surface area contributed by atoms with E-state index in [1.54, 1.807) is 24.3 Å². The Hall–Kier alpha value is -2.52. The second kappa shape index (κ2) is 6.41. The molecule has 0 atom stereocenters. The lowest BCUT2D eigenvalue weighted by molar-refractivity contribution is -0.117. The number of nitrogens with zero attached hydrogens (tertiary/aromatic N) is 2. The number of ketones is 1. The average molecular weight is 363 g/mol. The van der Waals surface area contributed by atoms with E-state index in [1.807, 2.05) is 0 Å². The molecule has 1 aromatic heterocycles. The first-order chi connectivity index (χ1) is 11.8. The number of anilines is 1. The van der Waals surface area contributed by atoms with Crippen LogP contribution in [0.4, 0.5) is 5.69 Å². The maximum atomic E-state index is 12.5. The van der Waals surface area contributed by atoms with E-state index in [-0.39, 0.29) is 35.1 Å². The molecule has 0 spiro atoms. The van der Waals surface area contributed by atoms with E-state index >= 15 is 0 Å². The zero-order valence-corrected chi connectivity index (χ0v) is 14.6. The minimum atomic E-state index is -3.92. The third kappa shape index (κ3) is 3.20. The number of hydrogen-bond donors (Lipinski definition) is 1. The van der Waals surface area contributed by atoms with Crippen LogP contribution in [-0.2, 0) is 14.8 Å². The van der Waals surface area contributed by atoms with Crippen molar-refractivity contribution in [1.82, 2.24) is 9.88 Å². The molecule has 9 heteroatoms. The molecule has 1 aliphatic rings. The number of benzene rings is 1. The van der Waals surface area contributed by atoms with Gasteiger partial charge in [0.05, 0.1) is 12.2 Å². The van der Waals surface area contributed by atoms with Crippen LogP contribution in [0.25, 0.3) is 0 Å². The predicted octanol–water partition coefficient (Wildman–Crippen LogP) is 1.19. The van der Waals surface area contributed by atoms with Crippen LogP contribution in [-0.4, -0.2) is 38.4 Å². The normalized spacial score (nSPS) is 14.5. The van der Waals surface area contributed by atoms with Crippen molar-refractivity contribution in [2.24, 2.45) is 0 Å². The lowest BCUT2D eigenvalue weighted by Gasteiger charge is -2.28. The highest BCUT2D eigenvalue weighted by Crippen LogP contribution is 2.26. The number of carbonyl (C=O) groups is 2. The summed E-state index contributed by atoms with van der Waals surface area (Å²) in [5, 5.41) is 3.61. The fourth-order valence-corrected chi connectivity index (χ4v) is 4.15. The summed E-state index contributed by atoms with van der Waals surface area (Å²) in [5.41, 5.74) is 1.20. The first-order valence-corrected chi connectivity index (χ1v) is 9.14. The molecule has 1 amide bonds. The maximum Gasteiger partial charge on any atom is 0.246 e. The summed E-state index contributed by atoms with van der Waals surface area (Å²) in [6, 6.07) is 6.79. The van der Waals surface area contributed by atoms with Crippen LogP contribution in [0.15, 0.2) is 33.7 Å². The fraction of sp³-hybridized carbons (Fsp3) is 0.312. The van der Waals surface area contributed by atoms with Crippen LogP contribution in [0.2, 0.25) is 0 Å². The Balaban J connectivity index is 1.78. The van der Waals surface area contributed by atoms with Crippen LogP contribution < -0.4 is 9.62 Å². The highest BCUT2D eigenvalue weighted by molar-refractivity contribution is 7.89. The second-order valence-corrected chi connectivity index (χ2v) is 7.42. The zero-order valence-electron chi connectivity index (χ0n) is 13.8. The number of Topliss-reactive ketones (excluding diaryl/α,β-unsaturated/α-hetero) is 1. The summed E-state index contributed by atoms with van der Waals surface area (Å²) in [6.07, 6.45) is 0.208. The van der Waals surface area contributed by atoms with Crippen molar-refractivity contribution in [3.63, 3.8) is 0 Å². The first kappa shape index (κ1) is 17.3. The minimum Gasteiger partial charge on any atom is -0.360 e. The summed E-state index contributed by atoms with van der Waals surface area (Å²) in [4.78, 5) is 25.8. The van der Waals surface area contributed by atoms with Gasteiger partial charge >= 0.3 is 0 Å². The van der Waals surface area contributed by atoms with Crippen LogP contribution in [0, 0.1) is 13.8 Å². The van der Waals surface area contributed by atoms with Crippen molar-refractivity contribution >= 4 is 27.4 Å². The monoisotopic (exact) mass is 363 g/mol. The molecule has 0 unspecified atom stereocenters. The van der Waals surface area contributed by atoms with E-state index in [1.165, 1.54) is 18.7 Å². The average Bonchev–Trinajstić information content (AvgIpc) is 2.93. The van der Waals surface area contributed by atoms with E-state index in [9.17, 15) is 18.0 Å². The van der Waals surface area contributed by atoms with Gasteiger partial charge in [-0.15, -0.1) is 0 Å². The molecule has 1 aliphatic heterocycles. The van der Waals surface area contributed by atoms with Crippen LogP contribution >= 0.6 is 0 Å². The van der Waals surface area contributed by atoms with Gasteiger partial charge in [-0.1, -0.05) is 17.3 Å². The Morgan fingerprint density at radius 2 is 2.04 bits per heavy atom. The number of sulfonamides is 1. The van der Waals surface area contributed by atoms with Crippen molar-refractivity contribution in [2.45, 2.75) is 25.2 Å². The predicted molar refractivity (Wildman–Crippen MR) is 88.9 cm³/mol. The standard InChI is InChI=1S/C16H17N3O5S/c1-10-16(11(2)24-18-10)25(22,23)17-9-15(21)19-8-7-14(20)12-5-3-4-6-13(12)19/h3-6,17H,7-9H2,1-2H3. The van der Waals surface area contributed by atoms with Gasteiger partial charge in [-0.25, -0.2) is 13.1 Å². The third-order valence-corrected chi connectivity index (χ3v) is 5.65. The van der Waals surface area contributed by atoms with Crippen LogP contribution in [0.5, 0.6) is 0 Å². The van der Waals surface area contributed by atoms with Crippen molar-refractivity contribution in [1.29, 1.82) is 0 Å². The number of aromatic nitrogens is 1. The van der Waals surface area contributed by atoms with E-state index in [0.717, 1.165) is 0 Å². The molecule has 1 aromatic carbocycles. The van der Waals surface area contributed by atoms with Crippen molar-refractivity contribution in [3.8, 4) is 0 Å². The molecule has 0 aliphatic carbocycles. The molecule has 2 heterocycles. The smallest absolute Gasteiger partial charge is 0.246 e. The van der Waals surface area contributed by atoms with E-state index < -0.39 is 22.5 Å². The molecule has 0 radical (unpaired) electrons. The largest absolute Gasteiger partial charge is 0.360 e.